The largest absolute Gasteiger partial charge is 0.497 e. The Hall–Kier alpha value is -2.87. The first-order chi connectivity index (χ1) is 12.1. The molecule has 3 rings (SSSR count). The van der Waals surface area contributed by atoms with Crippen LogP contribution in [0.2, 0.25) is 0 Å². The van der Waals surface area contributed by atoms with Crippen molar-refractivity contribution in [3.05, 3.63) is 48.2 Å². The Morgan fingerprint density at radius 1 is 1.24 bits per heavy atom. The van der Waals surface area contributed by atoms with Crippen LogP contribution in [0.5, 0.6) is 5.75 Å². The number of aromatic nitrogens is 3. The molecule has 0 fully saturated rings. The molecule has 3 aromatic rings. The zero-order chi connectivity index (χ0) is 17.6. The third kappa shape index (κ3) is 4.57. The van der Waals surface area contributed by atoms with E-state index in [2.05, 4.69) is 20.5 Å². The van der Waals surface area contributed by atoms with Gasteiger partial charge in [0.1, 0.15) is 11.6 Å². The summed E-state index contributed by atoms with van der Waals surface area (Å²) in [4.78, 5) is 16.1. The maximum absolute atomic E-state index is 12.0. The van der Waals surface area contributed by atoms with Gasteiger partial charge in [0, 0.05) is 11.8 Å². The van der Waals surface area contributed by atoms with E-state index in [9.17, 15) is 4.79 Å². The van der Waals surface area contributed by atoms with E-state index in [4.69, 9.17) is 9.15 Å². The highest BCUT2D eigenvalue weighted by molar-refractivity contribution is 7.99. The number of rotatable bonds is 6. The lowest BCUT2D eigenvalue weighted by Crippen LogP contribution is -2.15. The number of methoxy groups -OCH3 is 1. The molecule has 0 aliphatic rings. The summed E-state index contributed by atoms with van der Waals surface area (Å²) < 4.78 is 10.7. The maximum atomic E-state index is 12.0. The molecule has 0 saturated heterocycles. The second-order valence-electron chi connectivity index (χ2n) is 5.16. The lowest BCUT2D eigenvalue weighted by Gasteiger charge is -2.03. The van der Waals surface area contributed by atoms with Crippen molar-refractivity contribution >= 4 is 23.5 Å². The Balaban J connectivity index is 1.56. The summed E-state index contributed by atoms with van der Waals surface area (Å²) in [6.07, 6.45) is 1.65. The van der Waals surface area contributed by atoms with Crippen LogP contribution in [0.3, 0.4) is 0 Å². The van der Waals surface area contributed by atoms with Crippen molar-refractivity contribution in [1.29, 1.82) is 0 Å². The monoisotopic (exact) mass is 356 g/mol. The summed E-state index contributed by atoms with van der Waals surface area (Å²) in [5, 5.41) is 11.0. The molecule has 1 aromatic carbocycles. The number of carbonyl (C=O) groups is 1. The Kier molecular flexibility index (Phi) is 5.30. The first-order valence-electron chi connectivity index (χ1n) is 7.47. The van der Waals surface area contributed by atoms with E-state index in [0.29, 0.717) is 16.9 Å². The van der Waals surface area contributed by atoms with Crippen LogP contribution in [0, 0.1) is 6.92 Å². The van der Waals surface area contributed by atoms with Gasteiger partial charge in [-0.1, -0.05) is 11.8 Å². The predicted molar refractivity (Wildman–Crippen MR) is 94.6 cm³/mol. The molecule has 0 radical (unpaired) electrons. The number of anilines is 1. The number of carbonyl (C=O) groups excluding carboxylic acids is 1. The SMILES string of the molecule is COc1ccc(-c2nnc(SCC(=O)Nc3cc(C)ccn3)o2)cc1. The molecule has 0 aliphatic carbocycles. The number of pyridine rings is 1. The lowest BCUT2D eigenvalue weighted by atomic mass is 10.2. The summed E-state index contributed by atoms with van der Waals surface area (Å²) in [7, 11) is 1.60. The number of ether oxygens (including phenoxy) is 1. The number of hydrogen-bond acceptors (Lipinski definition) is 7. The zero-order valence-corrected chi connectivity index (χ0v) is 14.5. The highest BCUT2D eigenvalue weighted by Crippen LogP contribution is 2.24. The van der Waals surface area contributed by atoms with Gasteiger partial charge < -0.3 is 14.5 Å². The van der Waals surface area contributed by atoms with E-state index in [1.807, 2.05) is 37.3 Å². The van der Waals surface area contributed by atoms with Crippen LogP contribution in [0.1, 0.15) is 5.56 Å². The van der Waals surface area contributed by atoms with E-state index >= 15 is 0 Å². The van der Waals surface area contributed by atoms with Crippen molar-refractivity contribution in [1.82, 2.24) is 15.2 Å². The molecule has 1 N–H and O–H groups in total. The van der Waals surface area contributed by atoms with Gasteiger partial charge in [0.05, 0.1) is 12.9 Å². The minimum Gasteiger partial charge on any atom is -0.497 e. The zero-order valence-electron chi connectivity index (χ0n) is 13.7. The van der Waals surface area contributed by atoms with Crippen LogP contribution in [-0.4, -0.2) is 34.0 Å². The van der Waals surface area contributed by atoms with Crippen molar-refractivity contribution in [2.75, 3.05) is 18.2 Å². The van der Waals surface area contributed by atoms with E-state index in [0.717, 1.165) is 16.9 Å². The third-order valence-corrected chi connectivity index (χ3v) is 4.07. The average molecular weight is 356 g/mol. The maximum Gasteiger partial charge on any atom is 0.277 e. The van der Waals surface area contributed by atoms with E-state index in [1.54, 1.807) is 19.4 Å². The molecule has 0 saturated carbocycles. The van der Waals surface area contributed by atoms with Crippen molar-refractivity contribution in [2.24, 2.45) is 0 Å². The topological polar surface area (TPSA) is 90.1 Å². The normalized spacial score (nSPS) is 10.5. The molecule has 1 amide bonds. The van der Waals surface area contributed by atoms with Gasteiger partial charge >= 0.3 is 0 Å². The first-order valence-corrected chi connectivity index (χ1v) is 8.46. The van der Waals surface area contributed by atoms with Crippen LogP contribution >= 0.6 is 11.8 Å². The van der Waals surface area contributed by atoms with Crippen LogP contribution in [0.25, 0.3) is 11.5 Å². The highest BCUT2D eigenvalue weighted by atomic mass is 32.2. The van der Waals surface area contributed by atoms with Crippen molar-refractivity contribution in [3.63, 3.8) is 0 Å². The second-order valence-corrected chi connectivity index (χ2v) is 6.08. The van der Waals surface area contributed by atoms with Gasteiger partial charge in [0.2, 0.25) is 11.8 Å². The van der Waals surface area contributed by atoms with Gasteiger partial charge in [0.15, 0.2) is 0 Å². The summed E-state index contributed by atoms with van der Waals surface area (Å²) in [6.45, 7) is 1.94. The van der Waals surface area contributed by atoms with E-state index < -0.39 is 0 Å². The minimum atomic E-state index is -0.188. The van der Waals surface area contributed by atoms with E-state index in [1.165, 1.54) is 11.8 Å². The van der Waals surface area contributed by atoms with Gasteiger partial charge in [-0.3, -0.25) is 4.79 Å². The number of thioether (sulfide) groups is 1. The smallest absolute Gasteiger partial charge is 0.277 e. The summed E-state index contributed by atoms with van der Waals surface area (Å²) in [5.41, 5.74) is 1.81. The fourth-order valence-electron chi connectivity index (χ4n) is 2.03. The molecule has 0 bridgehead atoms. The average Bonchev–Trinajstić information content (AvgIpc) is 3.09. The number of benzene rings is 1. The number of nitrogens with one attached hydrogen (secondary N) is 1. The Morgan fingerprint density at radius 2 is 2.04 bits per heavy atom. The molecular formula is C17H16N4O3S. The Morgan fingerprint density at radius 3 is 2.76 bits per heavy atom. The molecule has 2 aromatic heterocycles. The lowest BCUT2D eigenvalue weighted by molar-refractivity contribution is -0.113. The molecular weight excluding hydrogens is 340 g/mol. The van der Waals surface area contributed by atoms with Crippen LogP contribution in [0.4, 0.5) is 5.82 Å². The molecule has 25 heavy (non-hydrogen) atoms. The number of aryl methyl sites for hydroxylation is 1. The number of nitrogens with zero attached hydrogens (tertiary/aromatic N) is 3. The quantitative estimate of drug-likeness (QED) is 0.678. The molecule has 128 valence electrons. The molecule has 0 spiro atoms. The standard InChI is InChI=1S/C17H16N4O3S/c1-11-7-8-18-14(9-11)19-15(22)10-25-17-21-20-16(24-17)12-3-5-13(23-2)6-4-12/h3-9H,10H2,1-2H3,(H,18,19,22). The molecule has 8 heteroatoms. The Labute approximate surface area is 148 Å². The fraction of sp³-hybridized carbons (Fsp3) is 0.176. The number of amides is 1. The second kappa shape index (κ2) is 7.80. The van der Waals surface area contributed by atoms with Crippen molar-refractivity contribution in [3.8, 4) is 17.2 Å². The van der Waals surface area contributed by atoms with Crippen molar-refractivity contribution < 1.29 is 13.9 Å². The van der Waals surface area contributed by atoms with E-state index in [-0.39, 0.29) is 11.7 Å². The van der Waals surface area contributed by atoms with Gasteiger partial charge in [-0.25, -0.2) is 4.98 Å². The van der Waals surface area contributed by atoms with Gasteiger partial charge in [-0.05, 0) is 48.9 Å². The molecule has 0 unspecified atom stereocenters. The predicted octanol–water partition coefficient (Wildman–Crippen LogP) is 3.18. The number of hydrogen-bond donors (Lipinski definition) is 1. The first kappa shape index (κ1) is 17.0. The third-order valence-electron chi connectivity index (χ3n) is 3.25. The summed E-state index contributed by atoms with van der Waals surface area (Å²) in [6, 6.07) is 11.0. The van der Waals surface area contributed by atoms with Gasteiger partial charge in [-0.15, -0.1) is 10.2 Å². The Bertz CT molecular complexity index is 864. The summed E-state index contributed by atoms with van der Waals surface area (Å²) >= 11 is 1.17. The fourth-order valence-corrected chi connectivity index (χ4v) is 2.59. The molecule has 7 nitrogen and oxygen atoms in total. The molecule has 2 heterocycles. The van der Waals surface area contributed by atoms with Crippen molar-refractivity contribution in [2.45, 2.75) is 12.1 Å². The van der Waals surface area contributed by atoms with Crippen LogP contribution in [-0.2, 0) is 4.79 Å². The minimum absolute atomic E-state index is 0.153. The van der Waals surface area contributed by atoms with Crippen LogP contribution in [0.15, 0.2) is 52.2 Å². The molecule has 0 atom stereocenters. The van der Waals surface area contributed by atoms with Crippen LogP contribution < -0.4 is 10.1 Å². The van der Waals surface area contributed by atoms with Gasteiger partial charge in [0.25, 0.3) is 5.22 Å². The van der Waals surface area contributed by atoms with Gasteiger partial charge in [-0.2, -0.15) is 0 Å². The summed E-state index contributed by atoms with van der Waals surface area (Å²) in [5.74, 6) is 1.63. The molecule has 0 aliphatic heterocycles. The highest BCUT2D eigenvalue weighted by Gasteiger charge is 2.12.